The zero-order valence-corrected chi connectivity index (χ0v) is 18.0. The predicted molar refractivity (Wildman–Crippen MR) is 97.0 cm³/mol. The Morgan fingerprint density at radius 2 is 1.67 bits per heavy atom. The van der Waals surface area contributed by atoms with E-state index in [0.29, 0.717) is 5.39 Å². The molecule has 0 aliphatic rings. The van der Waals surface area contributed by atoms with Gasteiger partial charge in [-0.25, -0.2) is 0 Å². The fourth-order valence-corrected chi connectivity index (χ4v) is 2.98. The normalized spacial score (nSPS) is 10.9. The van der Waals surface area contributed by atoms with Crippen LogP contribution in [0.1, 0.15) is 46.5 Å². The van der Waals surface area contributed by atoms with E-state index in [1.807, 2.05) is 6.07 Å². The molecule has 0 aliphatic heterocycles. The first-order chi connectivity index (χ1) is 10.9. The van der Waals surface area contributed by atoms with Crippen molar-refractivity contribution >= 4 is 20.9 Å². The largest absolute Gasteiger partial charge is 1.00 e. The van der Waals surface area contributed by atoms with E-state index in [4.69, 9.17) is 4.55 Å². The minimum atomic E-state index is -4.13. The molecule has 24 heavy (non-hydrogen) atoms. The third-order valence-corrected chi connectivity index (χ3v) is 4.39. The van der Waals surface area contributed by atoms with Gasteiger partial charge in [0, 0.05) is 5.39 Å². The fourth-order valence-electron chi connectivity index (χ4n) is 2.27. The maximum Gasteiger partial charge on any atom is 1.00 e. The molecule has 0 spiro atoms. The molecule has 0 bridgehead atoms. The summed E-state index contributed by atoms with van der Waals surface area (Å²) in [6.45, 7) is 6.73. The van der Waals surface area contributed by atoms with E-state index in [0.717, 1.165) is 11.3 Å². The Balaban J connectivity index is 0.000000468. The Labute approximate surface area is 168 Å². The Hall–Kier alpha value is -0.390. The van der Waals surface area contributed by atoms with E-state index in [1.54, 1.807) is 30.3 Å². The summed E-state index contributed by atoms with van der Waals surface area (Å²) < 4.78 is 31.0. The zero-order valence-electron chi connectivity index (χ0n) is 15.2. The average Bonchev–Trinajstić information content (AvgIpc) is 2.50. The molecule has 0 saturated carbocycles. The van der Waals surface area contributed by atoms with Crippen molar-refractivity contribution in [1.82, 2.24) is 0 Å². The Kier molecular flexibility index (Phi) is 11.8. The van der Waals surface area contributed by atoms with Crippen LogP contribution in [0, 0.1) is 12.3 Å². The van der Waals surface area contributed by atoms with Crippen LogP contribution < -0.4 is 29.6 Å². The van der Waals surface area contributed by atoms with Gasteiger partial charge in [-0.3, -0.25) is 4.55 Å². The van der Waals surface area contributed by atoms with Crippen LogP contribution in [0.4, 0.5) is 0 Å². The Morgan fingerprint density at radius 3 is 2.25 bits per heavy atom. The summed E-state index contributed by atoms with van der Waals surface area (Å²) in [6.07, 6.45) is 7.82. The van der Waals surface area contributed by atoms with Crippen molar-refractivity contribution in [2.75, 3.05) is 0 Å². The van der Waals surface area contributed by atoms with Crippen LogP contribution in [-0.4, -0.2) is 13.0 Å². The van der Waals surface area contributed by atoms with Gasteiger partial charge in [0.15, 0.2) is 0 Å². The number of hydrogen-bond donors (Lipinski definition) is 1. The third kappa shape index (κ3) is 8.63. The Bertz CT molecular complexity index is 691. The molecule has 0 fully saturated rings. The molecule has 0 radical (unpaired) electrons. The second-order valence-electron chi connectivity index (χ2n) is 5.93. The maximum atomic E-state index is 11.0. The average molecular weight is 358 g/mol. The van der Waals surface area contributed by atoms with Crippen LogP contribution in [0.5, 0.6) is 0 Å². The summed E-state index contributed by atoms with van der Waals surface area (Å²) in [6, 6.07) is 11.8. The summed E-state index contributed by atoms with van der Waals surface area (Å²) in [7, 11) is -4.13. The topological polar surface area (TPSA) is 54.4 Å². The molecule has 0 heterocycles. The molecule has 0 amide bonds. The van der Waals surface area contributed by atoms with Crippen molar-refractivity contribution < 1.29 is 42.5 Å². The van der Waals surface area contributed by atoms with E-state index >= 15 is 0 Å². The van der Waals surface area contributed by atoms with E-state index in [1.165, 1.54) is 31.7 Å². The molecule has 0 aromatic heterocycles. The van der Waals surface area contributed by atoms with Gasteiger partial charge in [-0.2, -0.15) is 20.8 Å². The molecule has 128 valence electrons. The van der Waals surface area contributed by atoms with Crippen molar-refractivity contribution in [1.29, 1.82) is 0 Å². The van der Waals surface area contributed by atoms with Gasteiger partial charge in [0.1, 0.15) is 4.90 Å². The van der Waals surface area contributed by atoms with Gasteiger partial charge >= 0.3 is 29.6 Å². The van der Waals surface area contributed by atoms with Crippen molar-refractivity contribution in [2.24, 2.45) is 5.92 Å². The first-order valence-corrected chi connectivity index (χ1v) is 9.58. The molecule has 5 heteroatoms. The van der Waals surface area contributed by atoms with Gasteiger partial charge in [0.25, 0.3) is 10.1 Å². The van der Waals surface area contributed by atoms with E-state index in [2.05, 4.69) is 27.2 Å². The summed E-state index contributed by atoms with van der Waals surface area (Å²) in [5, 5.41) is 1.33. The van der Waals surface area contributed by atoms with Crippen molar-refractivity contribution in [2.45, 2.75) is 51.3 Å². The maximum absolute atomic E-state index is 11.0. The molecular weight excluding hydrogens is 331 g/mol. The number of fused-ring (bicyclic) bond motifs is 1. The minimum absolute atomic E-state index is 0. The molecule has 1 N–H and O–H groups in total. The van der Waals surface area contributed by atoms with Crippen molar-refractivity contribution in [3.63, 3.8) is 0 Å². The molecule has 2 aromatic rings. The van der Waals surface area contributed by atoms with Gasteiger partial charge in [-0.1, -0.05) is 76.4 Å². The predicted octanol–water partition coefficient (Wildman–Crippen LogP) is 2.52. The zero-order chi connectivity index (χ0) is 17.3. The minimum Gasteiger partial charge on any atom is -0.326 e. The smallest absolute Gasteiger partial charge is 0.326 e. The molecule has 3 nitrogen and oxygen atoms in total. The van der Waals surface area contributed by atoms with Gasteiger partial charge in [-0.15, -0.1) is 0 Å². The number of rotatable bonds is 6. The van der Waals surface area contributed by atoms with Crippen LogP contribution in [-0.2, 0) is 10.1 Å². The van der Waals surface area contributed by atoms with Crippen molar-refractivity contribution in [3.05, 3.63) is 48.9 Å². The standard InChI is InChI=1S/C10H8O3S.C9H19.Na/c11-14(12,13)10-7-3-5-8-4-1-2-6-9(8)10;1-4-5-6-7-8-9(2)3;/h1-7H,(H,11,12,13);8-9H,4-7H2,1-3H3;/q;-1;+1. The monoisotopic (exact) mass is 358 g/mol. The van der Waals surface area contributed by atoms with Crippen molar-refractivity contribution in [3.8, 4) is 0 Å². The molecule has 0 saturated heterocycles. The molecule has 2 aromatic carbocycles. The Morgan fingerprint density at radius 1 is 1.04 bits per heavy atom. The quantitative estimate of drug-likeness (QED) is 0.374. The van der Waals surface area contributed by atoms with E-state index < -0.39 is 10.1 Å². The van der Waals surface area contributed by atoms with Crippen LogP contribution in [0.2, 0.25) is 0 Å². The fraction of sp³-hybridized carbons (Fsp3) is 0.421. The van der Waals surface area contributed by atoms with Gasteiger partial charge in [0.2, 0.25) is 0 Å². The molecule has 0 atom stereocenters. The molecular formula is C19H27NaO3S. The summed E-state index contributed by atoms with van der Waals surface area (Å²) in [5.41, 5.74) is 0. The summed E-state index contributed by atoms with van der Waals surface area (Å²) >= 11 is 0. The second-order valence-corrected chi connectivity index (χ2v) is 7.32. The molecule has 0 unspecified atom stereocenters. The van der Waals surface area contributed by atoms with Gasteiger partial charge < -0.3 is 6.42 Å². The van der Waals surface area contributed by atoms with Crippen LogP contribution in [0.3, 0.4) is 0 Å². The first kappa shape index (κ1) is 23.6. The van der Waals surface area contributed by atoms with Crippen LogP contribution in [0.15, 0.2) is 47.4 Å². The second kappa shape index (κ2) is 12.0. The SMILES string of the molecule is CCCCC[CH-]C(C)C.O=S(=O)(O)c1cccc2ccccc12.[Na+]. The number of hydrogen-bond acceptors (Lipinski definition) is 2. The van der Waals surface area contributed by atoms with Gasteiger partial charge in [-0.05, 0) is 11.5 Å². The number of unbranched alkanes of at least 4 members (excludes halogenated alkanes) is 3. The summed E-state index contributed by atoms with van der Waals surface area (Å²) in [5.74, 6) is 0.779. The first-order valence-electron chi connectivity index (χ1n) is 8.14. The van der Waals surface area contributed by atoms with Crippen LogP contribution >= 0.6 is 0 Å². The molecule has 0 aliphatic carbocycles. The van der Waals surface area contributed by atoms with Gasteiger partial charge in [0.05, 0.1) is 0 Å². The molecule has 2 rings (SSSR count). The third-order valence-electron chi connectivity index (χ3n) is 3.47. The van der Waals surface area contributed by atoms with E-state index in [9.17, 15) is 8.42 Å². The van der Waals surface area contributed by atoms with E-state index in [-0.39, 0.29) is 34.5 Å². The summed E-state index contributed by atoms with van der Waals surface area (Å²) in [4.78, 5) is -0.0457. The van der Waals surface area contributed by atoms with Crippen LogP contribution in [0.25, 0.3) is 10.8 Å². The number of benzene rings is 2.